The molecule has 1 fully saturated rings. The van der Waals surface area contributed by atoms with Gasteiger partial charge in [0.05, 0.1) is 11.1 Å². The molecule has 0 aromatic rings. The third kappa shape index (κ3) is 2.26. The van der Waals surface area contributed by atoms with Crippen molar-refractivity contribution < 1.29 is 4.79 Å². The quantitative estimate of drug-likeness (QED) is 0.392. The number of amidine groups is 1. The van der Waals surface area contributed by atoms with Crippen molar-refractivity contribution in [1.29, 1.82) is 5.41 Å². The average molecular weight is 239 g/mol. The first-order valence-corrected chi connectivity index (χ1v) is 5.58. The van der Waals surface area contributed by atoms with Crippen LogP contribution in [0.5, 0.6) is 0 Å². The van der Waals surface area contributed by atoms with Gasteiger partial charge >= 0.3 is 0 Å². The zero-order chi connectivity index (χ0) is 13.2. The Morgan fingerprint density at radius 3 is 2.53 bits per heavy atom. The summed E-state index contributed by atoms with van der Waals surface area (Å²) < 4.78 is 0. The molecule has 0 radical (unpaired) electrons. The van der Waals surface area contributed by atoms with Crippen molar-refractivity contribution >= 4 is 11.7 Å². The van der Waals surface area contributed by atoms with Crippen LogP contribution in [0.3, 0.4) is 0 Å². The Kier molecular flexibility index (Phi) is 3.77. The van der Waals surface area contributed by atoms with E-state index >= 15 is 0 Å². The van der Waals surface area contributed by atoms with Gasteiger partial charge in [-0.15, -0.1) is 0 Å². The molecule has 1 rings (SSSR count). The number of nitrogens with two attached hydrogens (primary N) is 1. The van der Waals surface area contributed by atoms with Crippen molar-refractivity contribution in [2.45, 2.75) is 19.9 Å². The SMILES string of the molecule is CN/C=C(/NC)C(=N)N1CC(N)C(C)(C)C1=O. The molecule has 0 aromatic heterocycles. The highest BCUT2D eigenvalue weighted by atomic mass is 16.2. The van der Waals surface area contributed by atoms with Crippen molar-refractivity contribution in [3.05, 3.63) is 11.9 Å². The fourth-order valence-corrected chi connectivity index (χ4v) is 1.76. The lowest BCUT2D eigenvalue weighted by molar-refractivity contribution is -0.131. The zero-order valence-corrected chi connectivity index (χ0v) is 10.8. The van der Waals surface area contributed by atoms with E-state index in [1.54, 1.807) is 20.3 Å². The lowest BCUT2D eigenvalue weighted by Gasteiger charge is -2.21. The monoisotopic (exact) mass is 239 g/mol. The minimum atomic E-state index is -0.606. The van der Waals surface area contributed by atoms with Gasteiger partial charge in [-0.3, -0.25) is 15.1 Å². The van der Waals surface area contributed by atoms with Crippen molar-refractivity contribution in [2.24, 2.45) is 11.1 Å². The molecular weight excluding hydrogens is 218 g/mol. The number of carbonyl (C=O) groups is 1. The second-order valence-electron chi connectivity index (χ2n) is 4.69. The van der Waals surface area contributed by atoms with E-state index in [1.165, 1.54) is 4.90 Å². The first-order chi connectivity index (χ1) is 7.86. The number of hydrogen-bond donors (Lipinski definition) is 4. The Balaban J connectivity index is 2.93. The number of rotatable bonds is 3. The number of likely N-dealkylation sites (tertiary alicyclic amines) is 1. The van der Waals surface area contributed by atoms with E-state index in [1.807, 2.05) is 13.8 Å². The van der Waals surface area contributed by atoms with E-state index < -0.39 is 5.41 Å². The molecule has 0 saturated carbocycles. The summed E-state index contributed by atoms with van der Waals surface area (Å²) in [5.41, 5.74) is 5.89. The second-order valence-corrected chi connectivity index (χ2v) is 4.69. The van der Waals surface area contributed by atoms with E-state index in [9.17, 15) is 4.79 Å². The summed E-state index contributed by atoms with van der Waals surface area (Å²) in [4.78, 5) is 13.6. The molecule has 1 atom stereocenters. The Morgan fingerprint density at radius 2 is 2.18 bits per heavy atom. The Labute approximate surface area is 102 Å². The summed E-state index contributed by atoms with van der Waals surface area (Å²) in [6, 6.07) is -0.247. The van der Waals surface area contributed by atoms with Crippen LogP contribution in [0.4, 0.5) is 0 Å². The highest BCUT2D eigenvalue weighted by Crippen LogP contribution is 2.30. The molecule has 0 spiro atoms. The molecule has 5 N–H and O–H groups in total. The summed E-state index contributed by atoms with van der Waals surface area (Å²) in [7, 11) is 3.45. The topological polar surface area (TPSA) is 94.2 Å². The molecule has 1 aliphatic heterocycles. The van der Waals surface area contributed by atoms with Gasteiger partial charge in [0.2, 0.25) is 5.91 Å². The number of likely N-dealkylation sites (N-methyl/N-ethyl adjacent to an activating group) is 1. The fraction of sp³-hybridized carbons (Fsp3) is 0.636. The molecule has 6 nitrogen and oxygen atoms in total. The molecule has 96 valence electrons. The maximum atomic E-state index is 12.1. The molecular formula is C11H21N5O. The first-order valence-electron chi connectivity index (χ1n) is 5.58. The van der Waals surface area contributed by atoms with Gasteiger partial charge in [0.25, 0.3) is 0 Å². The number of hydrogen-bond acceptors (Lipinski definition) is 5. The number of nitrogens with one attached hydrogen (secondary N) is 3. The van der Waals surface area contributed by atoms with Crippen LogP contribution < -0.4 is 16.4 Å². The Bertz CT molecular complexity index is 361. The average Bonchev–Trinajstić information content (AvgIpc) is 2.49. The lowest BCUT2D eigenvalue weighted by Crippen LogP contribution is -2.39. The van der Waals surface area contributed by atoms with Gasteiger partial charge in [-0.1, -0.05) is 0 Å². The predicted molar refractivity (Wildman–Crippen MR) is 67.4 cm³/mol. The fourth-order valence-electron chi connectivity index (χ4n) is 1.76. The van der Waals surface area contributed by atoms with Crippen LogP contribution in [0.2, 0.25) is 0 Å². The van der Waals surface area contributed by atoms with Gasteiger partial charge in [0.1, 0.15) is 0 Å². The van der Waals surface area contributed by atoms with Gasteiger partial charge in [0.15, 0.2) is 5.84 Å². The smallest absolute Gasteiger partial charge is 0.235 e. The van der Waals surface area contributed by atoms with Crippen molar-refractivity contribution in [2.75, 3.05) is 20.6 Å². The van der Waals surface area contributed by atoms with Crippen LogP contribution in [0.15, 0.2) is 11.9 Å². The molecule has 1 aliphatic rings. The van der Waals surface area contributed by atoms with E-state index in [-0.39, 0.29) is 17.8 Å². The summed E-state index contributed by atoms with van der Waals surface area (Å²) in [5.74, 6) is 0.0418. The second kappa shape index (κ2) is 4.75. The van der Waals surface area contributed by atoms with Gasteiger partial charge in [-0.25, -0.2) is 0 Å². The minimum absolute atomic E-state index is 0.104. The molecule has 6 heteroatoms. The molecule has 0 aromatic carbocycles. The minimum Gasteiger partial charge on any atom is -0.392 e. The van der Waals surface area contributed by atoms with E-state index in [0.717, 1.165) is 0 Å². The van der Waals surface area contributed by atoms with Crippen LogP contribution in [0, 0.1) is 10.8 Å². The van der Waals surface area contributed by atoms with Gasteiger partial charge in [-0.05, 0) is 13.8 Å². The molecule has 0 aliphatic carbocycles. The van der Waals surface area contributed by atoms with Crippen LogP contribution in [-0.4, -0.2) is 43.3 Å². The third-order valence-corrected chi connectivity index (χ3v) is 3.19. The first kappa shape index (κ1) is 13.5. The highest BCUT2D eigenvalue weighted by Gasteiger charge is 2.47. The highest BCUT2D eigenvalue weighted by molar-refractivity contribution is 6.08. The maximum Gasteiger partial charge on any atom is 0.235 e. The predicted octanol–water partition coefficient (Wildman–Crippen LogP) is -0.560. The molecule has 0 bridgehead atoms. The molecule has 1 saturated heterocycles. The lowest BCUT2D eigenvalue weighted by atomic mass is 9.88. The van der Waals surface area contributed by atoms with Crippen molar-refractivity contribution in [1.82, 2.24) is 15.5 Å². The van der Waals surface area contributed by atoms with Crippen LogP contribution in [0.25, 0.3) is 0 Å². The number of amides is 1. The van der Waals surface area contributed by atoms with Crippen LogP contribution in [-0.2, 0) is 4.79 Å². The Morgan fingerprint density at radius 1 is 1.59 bits per heavy atom. The third-order valence-electron chi connectivity index (χ3n) is 3.19. The van der Waals surface area contributed by atoms with E-state index in [2.05, 4.69) is 10.6 Å². The molecule has 1 amide bonds. The van der Waals surface area contributed by atoms with E-state index in [0.29, 0.717) is 12.2 Å². The van der Waals surface area contributed by atoms with Crippen molar-refractivity contribution in [3.8, 4) is 0 Å². The van der Waals surface area contributed by atoms with Gasteiger partial charge in [0, 0.05) is 32.9 Å². The summed E-state index contributed by atoms with van der Waals surface area (Å²) >= 11 is 0. The van der Waals surface area contributed by atoms with E-state index in [4.69, 9.17) is 11.1 Å². The largest absolute Gasteiger partial charge is 0.392 e. The normalized spacial score (nSPS) is 23.8. The van der Waals surface area contributed by atoms with Crippen LogP contribution in [0.1, 0.15) is 13.8 Å². The van der Waals surface area contributed by atoms with Gasteiger partial charge in [-0.2, -0.15) is 0 Å². The van der Waals surface area contributed by atoms with Crippen molar-refractivity contribution in [3.63, 3.8) is 0 Å². The Hall–Kier alpha value is -1.56. The number of carbonyl (C=O) groups excluding carboxylic acids is 1. The zero-order valence-electron chi connectivity index (χ0n) is 10.8. The van der Waals surface area contributed by atoms with Gasteiger partial charge < -0.3 is 16.4 Å². The summed E-state index contributed by atoms with van der Waals surface area (Å²) in [6.07, 6.45) is 1.65. The maximum absolute atomic E-state index is 12.1. The number of nitrogens with zero attached hydrogens (tertiary/aromatic N) is 1. The summed E-state index contributed by atoms with van der Waals surface area (Å²) in [6.45, 7) is 4.01. The molecule has 1 heterocycles. The molecule has 1 unspecified atom stereocenters. The standard InChI is InChI=1S/C11H21N5O/c1-11(2)8(12)6-16(10(11)17)9(13)7(15-4)5-14-3/h5,8,13-15H,6,12H2,1-4H3/b7-5+,13-9?. The molecule has 17 heavy (non-hydrogen) atoms. The summed E-state index contributed by atoms with van der Waals surface area (Å²) in [5, 5.41) is 13.7. The van der Waals surface area contributed by atoms with Crippen LogP contribution >= 0.6 is 0 Å².